The zero-order valence-electron chi connectivity index (χ0n) is 9.29. The van der Waals surface area contributed by atoms with Crippen LogP contribution < -0.4 is 0 Å². The van der Waals surface area contributed by atoms with E-state index in [0.717, 1.165) is 7.11 Å². The summed E-state index contributed by atoms with van der Waals surface area (Å²) in [4.78, 5) is 3.96. The van der Waals surface area contributed by atoms with Crippen LogP contribution in [0.3, 0.4) is 0 Å². The van der Waals surface area contributed by atoms with E-state index in [1.54, 1.807) is 0 Å². The number of hydrogen-bond donors (Lipinski definition) is 2. The lowest BCUT2D eigenvalue weighted by Crippen LogP contribution is -2.64. The fourth-order valence-corrected chi connectivity index (χ4v) is 1.43. The lowest BCUT2D eigenvalue weighted by Gasteiger charge is -2.35. The third kappa shape index (κ3) is 2.62. The van der Waals surface area contributed by atoms with E-state index in [0.29, 0.717) is 0 Å². The molecule has 0 spiro atoms. The summed E-state index contributed by atoms with van der Waals surface area (Å²) in [6, 6.07) is 0. The van der Waals surface area contributed by atoms with Crippen molar-refractivity contribution in [3.63, 3.8) is 0 Å². The van der Waals surface area contributed by atoms with E-state index in [9.17, 15) is 26.3 Å². The molecule has 112 valence electrons. The van der Waals surface area contributed by atoms with Gasteiger partial charge < -0.3 is 19.8 Å². The van der Waals surface area contributed by atoms with E-state index < -0.39 is 42.5 Å². The summed E-state index contributed by atoms with van der Waals surface area (Å²) in [6.45, 7) is 0. The maximum Gasteiger partial charge on any atom is 0.430 e. The average molecular weight is 297 g/mol. The van der Waals surface area contributed by atoms with E-state index in [-0.39, 0.29) is 0 Å². The minimum Gasteiger partial charge on any atom is -0.388 e. The monoisotopic (exact) mass is 297 g/mol. The number of ether oxygens (including phenoxy) is 1. The van der Waals surface area contributed by atoms with Gasteiger partial charge in [-0.2, -0.15) is 26.3 Å². The highest BCUT2D eigenvalue weighted by molar-refractivity contribution is 5.88. The van der Waals surface area contributed by atoms with Crippen LogP contribution in [0.2, 0.25) is 0 Å². The maximum absolute atomic E-state index is 12.5. The van der Waals surface area contributed by atoms with Gasteiger partial charge in [0.15, 0.2) is 12.4 Å². The number of hydrogen-bond acceptors (Lipinski definition) is 5. The van der Waals surface area contributed by atoms with Crippen LogP contribution in [0, 0.1) is 0 Å². The summed E-state index contributed by atoms with van der Waals surface area (Å²) in [5, 5.41) is 20.9. The third-order valence-electron chi connectivity index (χ3n) is 2.53. The molecule has 1 aliphatic heterocycles. The van der Waals surface area contributed by atoms with Crippen LogP contribution in [-0.4, -0.2) is 53.4 Å². The first-order valence-electron chi connectivity index (χ1n) is 4.74. The molecular weight excluding hydrogens is 288 g/mol. The first-order chi connectivity index (χ1) is 8.45. The van der Waals surface area contributed by atoms with Crippen LogP contribution >= 0.6 is 0 Å². The zero-order valence-corrected chi connectivity index (χ0v) is 9.29. The van der Waals surface area contributed by atoms with E-state index in [1.807, 2.05) is 0 Å². The molecule has 0 aliphatic carbocycles. The minimum absolute atomic E-state index is 0.584. The second kappa shape index (κ2) is 4.80. The topological polar surface area (TPSA) is 71.3 Å². The Bertz CT molecular complexity index is 351. The molecule has 19 heavy (non-hydrogen) atoms. The Morgan fingerprint density at radius 2 is 1.74 bits per heavy atom. The molecule has 0 amide bonds. The number of rotatable bonds is 3. The van der Waals surface area contributed by atoms with E-state index in [1.165, 1.54) is 0 Å². The molecule has 0 aromatic heterocycles. The lowest BCUT2D eigenvalue weighted by molar-refractivity contribution is -0.392. The number of halogens is 6. The highest BCUT2D eigenvalue weighted by atomic mass is 19.4. The van der Waals surface area contributed by atoms with Crippen molar-refractivity contribution in [1.29, 1.82) is 0 Å². The van der Waals surface area contributed by atoms with Crippen LogP contribution in [0.1, 0.15) is 6.42 Å². The summed E-state index contributed by atoms with van der Waals surface area (Å²) in [7, 11) is 0.959. The number of methoxy groups -OCH3 is 1. The summed E-state index contributed by atoms with van der Waals surface area (Å²) >= 11 is 0. The smallest absolute Gasteiger partial charge is 0.388 e. The number of aliphatic hydroxyl groups is 2. The van der Waals surface area contributed by atoms with Crippen molar-refractivity contribution in [2.45, 2.75) is 36.8 Å². The molecule has 2 unspecified atom stereocenters. The highest BCUT2D eigenvalue weighted by Crippen LogP contribution is 2.48. The molecule has 1 heterocycles. The van der Waals surface area contributed by atoms with Gasteiger partial charge in [-0.3, -0.25) is 0 Å². The second-order valence-corrected chi connectivity index (χ2v) is 3.73. The molecule has 1 aliphatic rings. The minimum atomic E-state index is -6.01. The SMILES string of the molecule is COC(O)C1=NOC(C(O)(C(F)(F)F)C(F)(F)F)C1. The Kier molecular flexibility index (Phi) is 4.04. The van der Waals surface area contributed by atoms with Crippen molar-refractivity contribution in [2.75, 3.05) is 7.11 Å². The number of oxime groups is 1. The molecule has 11 heteroatoms. The fourth-order valence-electron chi connectivity index (χ4n) is 1.43. The van der Waals surface area contributed by atoms with Crippen LogP contribution in [0.25, 0.3) is 0 Å². The Morgan fingerprint density at radius 3 is 2.11 bits per heavy atom. The fraction of sp³-hybridized carbons (Fsp3) is 0.875. The van der Waals surface area contributed by atoms with Gasteiger partial charge in [0.2, 0.25) is 0 Å². The summed E-state index contributed by atoms with van der Waals surface area (Å²) < 4.78 is 79.1. The van der Waals surface area contributed by atoms with Crippen molar-refractivity contribution in [3.05, 3.63) is 0 Å². The molecule has 0 saturated carbocycles. The van der Waals surface area contributed by atoms with Crippen molar-refractivity contribution >= 4 is 5.71 Å². The van der Waals surface area contributed by atoms with Crippen molar-refractivity contribution in [1.82, 2.24) is 0 Å². The molecule has 0 bridgehead atoms. The Hall–Kier alpha value is -1.07. The number of nitrogens with zero attached hydrogens (tertiary/aromatic N) is 1. The summed E-state index contributed by atoms with van der Waals surface area (Å²) in [5.41, 5.74) is -5.67. The lowest BCUT2D eigenvalue weighted by atomic mass is 9.91. The van der Waals surface area contributed by atoms with Gasteiger partial charge in [-0.25, -0.2) is 0 Å². The Morgan fingerprint density at radius 1 is 1.26 bits per heavy atom. The van der Waals surface area contributed by atoms with Gasteiger partial charge >= 0.3 is 12.4 Å². The van der Waals surface area contributed by atoms with Crippen LogP contribution in [0.4, 0.5) is 26.3 Å². The third-order valence-corrected chi connectivity index (χ3v) is 2.53. The van der Waals surface area contributed by atoms with E-state index >= 15 is 0 Å². The predicted octanol–water partition coefficient (Wildman–Crippen LogP) is 0.952. The highest BCUT2D eigenvalue weighted by Gasteiger charge is 2.76. The van der Waals surface area contributed by atoms with Gasteiger partial charge in [-0.05, 0) is 0 Å². The Labute approximate surface area is 102 Å². The molecule has 0 saturated heterocycles. The molecule has 2 N–H and O–H groups in total. The van der Waals surface area contributed by atoms with Gasteiger partial charge in [-0.15, -0.1) is 0 Å². The molecule has 0 fully saturated rings. The molecule has 5 nitrogen and oxygen atoms in total. The van der Waals surface area contributed by atoms with Crippen molar-refractivity contribution in [2.24, 2.45) is 5.16 Å². The van der Waals surface area contributed by atoms with Crippen LogP contribution in [0.5, 0.6) is 0 Å². The zero-order chi connectivity index (χ0) is 15.1. The van der Waals surface area contributed by atoms with Crippen LogP contribution in [-0.2, 0) is 9.57 Å². The van der Waals surface area contributed by atoms with Gasteiger partial charge in [0.05, 0.1) is 0 Å². The van der Waals surface area contributed by atoms with Crippen molar-refractivity contribution in [3.8, 4) is 0 Å². The number of alkyl halides is 6. The quantitative estimate of drug-likeness (QED) is 0.601. The molecule has 0 aromatic rings. The molecule has 2 atom stereocenters. The summed E-state index contributed by atoms with van der Waals surface area (Å²) in [5.74, 6) is 0. The molecule has 1 rings (SSSR count). The standard InChI is InChI=1S/C8H9F6NO4/c1-18-5(16)3-2-4(19-15-3)6(17,7(9,10)11)8(12,13)14/h4-5,16-17H,2H2,1H3. The average Bonchev–Trinajstić information content (AvgIpc) is 2.73. The largest absolute Gasteiger partial charge is 0.430 e. The Balaban J connectivity index is 3.01. The molecular formula is C8H9F6NO4. The molecule has 0 radical (unpaired) electrons. The van der Waals surface area contributed by atoms with E-state index in [4.69, 9.17) is 10.2 Å². The predicted molar refractivity (Wildman–Crippen MR) is 47.0 cm³/mol. The maximum atomic E-state index is 12.5. The normalized spacial score (nSPS) is 23.0. The first kappa shape index (κ1) is 16.0. The van der Waals surface area contributed by atoms with Crippen LogP contribution in [0.15, 0.2) is 5.16 Å². The first-order valence-corrected chi connectivity index (χ1v) is 4.74. The summed E-state index contributed by atoms with van der Waals surface area (Å²) in [6.07, 6.45) is -17.7. The number of aliphatic hydroxyl groups excluding tert-OH is 1. The van der Waals surface area contributed by atoms with Gasteiger partial charge in [-0.1, -0.05) is 5.16 Å². The van der Waals surface area contributed by atoms with Gasteiger partial charge in [0.1, 0.15) is 5.71 Å². The van der Waals surface area contributed by atoms with Gasteiger partial charge in [0.25, 0.3) is 5.60 Å². The van der Waals surface area contributed by atoms with E-state index in [2.05, 4.69) is 14.7 Å². The van der Waals surface area contributed by atoms with Crippen molar-refractivity contribution < 1.29 is 46.1 Å². The second-order valence-electron chi connectivity index (χ2n) is 3.73. The van der Waals surface area contributed by atoms with Gasteiger partial charge in [0, 0.05) is 13.5 Å². The molecule has 0 aromatic carbocycles.